The Balaban J connectivity index is 2.47. The molecule has 0 amide bonds. The molecule has 0 unspecified atom stereocenters. The number of aliphatic carboxylic acids is 1. The van der Waals surface area contributed by atoms with Crippen molar-refractivity contribution in [1.82, 2.24) is 14.8 Å². The second-order valence-corrected chi connectivity index (χ2v) is 3.70. The Morgan fingerprint density at radius 1 is 1.62 bits per heavy atom. The van der Waals surface area contributed by atoms with E-state index in [1.807, 2.05) is 32.3 Å². The highest BCUT2D eigenvalue weighted by Gasteiger charge is 2.16. The zero-order chi connectivity index (χ0) is 11.7. The molecule has 5 nitrogen and oxygen atoms in total. The topological polar surface area (TPSA) is 70.9 Å². The van der Waals surface area contributed by atoms with Crippen molar-refractivity contribution in [1.29, 1.82) is 0 Å². The Morgan fingerprint density at radius 2 is 2.38 bits per heavy atom. The Labute approximate surface area is 92.7 Å². The largest absolute Gasteiger partial charge is 0.481 e. The van der Waals surface area contributed by atoms with Gasteiger partial charge in [-0.3, -0.25) is 9.48 Å². The number of aryl methyl sites for hydroxylation is 1. The van der Waals surface area contributed by atoms with Crippen molar-refractivity contribution in [3.8, 4) is 11.4 Å². The molecule has 0 atom stereocenters. The summed E-state index contributed by atoms with van der Waals surface area (Å²) in [7, 11) is 1.81. The van der Waals surface area contributed by atoms with Gasteiger partial charge in [0.2, 0.25) is 0 Å². The molecule has 2 heterocycles. The zero-order valence-corrected chi connectivity index (χ0v) is 9.19. The van der Waals surface area contributed by atoms with Gasteiger partial charge in [-0.2, -0.15) is 5.10 Å². The molecular formula is C11H13N3O2. The van der Waals surface area contributed by atoms with Crippen molar-refractivity contribution in [2.45, 2.75) is 13.3 Å². The first kappa shape index (κ1) is 10.5. The minimum Gasteiger partial charge on any atom is -0.481 e. The molecule has 0 radical (unpaired) electrons. The number of aromatic nitrogens is 3. The lowest BCUT2D eigenvalue weighted by Gasteiger charge is -1.99. The highest BCUT2D eigenvalue weighted by atomic mass is 16.4. The molecule has 0 aliphatic heterocycles. The molecule has 0 spiro atoms. The summed E-state index contributed by atoms with van der Waals surface area (Å²) in [5, 5.41) is 13.0. The molecular weight excluding hydrogens is 206 g/mol. The van der Waals surface area contributed by atoms with Gasteiger partial charge in [-0.05, 0) is 19.1 Å². The molecule has 0 aliphatic rings. The van der Waals surface area contributed by atoms with E-state index in [0.717, 1.165) is 17.0 Å². The van der Waals surface area contributed by atoms with Crippen LogP contribution in [-0.2, 0) is 18.3 Å². The smallest absolute Gasteiger partial charge is 0.309 e. The quantitative estimate of drug-likeness (QED) is 0.818. The lowest BCUT2D eigenvalue weighted by Crippen LogP contribution is -2.02. The van der Waals surface area contributed by atoms with Crippen LogP contribution in [0.2, 0.25) is 0 Å². The first-order valence-corrected chi connectivity index (χ1v) is 4.97. The number of nitrogens with zero attached hydrogens (tertiary/aromatic N) is 2. The molecule has 0 fully saturated rings. The summed E-state index contributed by atoms with van der Waals surface area (Å²) < 4.78 is 1.71. The fourth-order valence-corrected chi connectivity index (χ4v) is 1.85. The third-order valence-electron chi connectivity index (χ3n) is 2.55. The monoisotopic (exact) mass is 219 g/mol. The van der Waals surface area contributed by atoms with Crippen LogP contribution in [0.3, 0.4) is 0 Å². The van der Waals surface area contributed by atoms with E-state index >= 15 is 0 Å². The maximum atomic E-state index is 10.7. The zero-order valence-electron chi connectivity index (χ0n) is 9.19. The fraction of sp³-hybridized carbons (Fsp3) is 0.273. The van der Waals surface area contributed by atoms with Crippen molar-refractivity contribution in [3.05, 3.63) is 29.6 Å². The van der Waals surface area contributed by atoms with Gasteiger partial charge < -0.3 is 10.1 Å². The molecule has 84 valence electrons. The summed E-state index contributed by atoms with van der Waals surface area (Å²) in [4.78, 5) is 13.8. The Kier molecular flexibility index (Phi) is 2.52. The van der Waals surface area contributed by atoms with Crippen LogP contribution in [0.5, 0.6) is 0 Å². The van der Waals surface area contributed by atoms with Crippen molar-refractivity contribution < 1.29 is 9.90 Å². The summed E-state index contributed by atoms with van der Waals surface area (Å²) >= 11 is 0. The molecule has 0 saturated heterocycles. The molecule has 2 N–H and O–H groups in total. The Hall–Kier alpha value is -2.04. The maximum Gasteiger partial charge on any atom is 0.309 e. The number of hydrogen-bond donors (Lipinski definition) is 2. The standard InChI is InChI=1S/C11H13N3O2/c1-7-9(6-10(15)16)13-14(2)11(7)8-4-3-5-12-8/h3-5,12H,6H2,1-2H3,(H,15,16). The molecule has 2 aromatic heterocycles. The SMILES string of the molecule is Cc1c(CC(=O)O)nn(C)c1-c1ccc[nH]1. The van der Waals surface area contributed by atoms with Gasteiger partial charge in [0.15, 0.2) is 0 Å². The van der Waals surface area contributed by atoms with Crippen molar-refractivity contribution >= 4 is 5.97 Å². The summed E-state index contributed by atoms with van der Waals surface area (Å²) in [5.41, 5.74) is 3.40. The van der Waals surface area contributed by atoms with Gasteiger partial charge in [0.25, 0.3) is 0 Å². The van der Waals surface area contributed by atoms with E-state index in [1.165, 1.54) is 0 Å². The van der Waals surface area contributed by atoms with Gasteiger partial charge in [-0.1, -0.05) is 0 Å². The van der Waals surface area contributed by atoms with Crippen LogP contribution in [0, 0.1) is 6.92 Å². The fourth-order valence-electron chi connectivity index (χ4n) is 1.85. The van der Waals surface area contributed by atoms with Gasteiger partial charge in [0.05, 0.1) is 23.5 Å². The van der Waals surface area contributed by atoms with Gasteiger partial charge in [-0.25, -0.2) is 0 Å². The van der Waals surface area contributed by atoms with Crippen LogP contribution in [-0.4, -0.2) is 25.8 Å². The lowest BCUT2D eigenvalue weighted by molar-refractivity contribution is -0.136. The lowest BCUT2D eigenvalue weighted by atomic mass is 10.1. The number of hydrogen-bond acceptors (Lipinski definition) is 2. The van der Waals surface area contributed by atoms with Gasteiger partial charge >= 0.3 is 5.97 Å². The van der Waals surface area contributed by atoms with E-state index in [-0.39, 0.29) is 6.42 Å². The average Bonchev–Trinajstić information content (AvgIpc) is 2.76. The van der Waals surface area contributed by atoms with E-state index < -0.39 is 5.97 Å². The van der Waals surface area contributed by atoms with Gasteiger partial charge in [0, 0.05) is 18.8 Å². The Bertz CT molecular complexity index is 512. The number of carboxylic acid groups (broad SMARTS) is 1. The van der Waals surface area contributed by atoms with Gasteiger partial charge in [0.1, 0.15) is 0 Å². The number of aromatic amines is 1. The summed E-state index contributed by atoms with van der Waals surface area (Å²) in [6, 6.07) is 3.84. The van der Waals surface area contributed by atoms with Crippen LogP contribution >= 0.6 is 0 Å². The molecule has 2 rings (SSSR count). The van der Waals surface area contributed by atoms with Crippen LogP contribution in [0.15, 0.2) is 18.3 Å². The van der Waals surface area contributed by atoms with E-state index in [4.69, 9.17) is 5.11 Å². The predicted molar refractivity (Wildman–Crippen MR) is 59.1 cm³/mol. The van der Waals surface area contributed by atoms with Crippen LogP contribution < -0.4 is 0 Å². The highest BCUT2D eigenvalue weighted by Crippen LogP contribution is 2.23. The van der Waals surface area contributed by atoms with Crippen LogP contribution in [0.4, 0.5) is 0 Å². The third-order valence-corrected chi connectivity index (χ3v) is 2.55. The molecule has 16 heavy (non-hydrogen) atoms. The van der Waals surface area contributed by atoms with Crippen LogP contribution in [0.1, 0.15) is 11.3 Å². The highest BCUT2D eigenvalue weighted by molar-refractivity contribution is 5.72. The molecule has 0 saturated carbocycles. The van der Waals surface area contributed by atoms with E-state index in [1.54, 1.807) is 4.68 Å². The normalized spacial score (nSPS) is 10.6. The van der Waals surface area contributed by atoms with Crippen molar-refractivity contribution in [2.75, 3.05) is 0 Å². The average molecular weight is 219 g/mol. The van der Waals surface area contributed by atoms with Crippen molar-refractivity contribution in [3.63, 3.8) is 0 Å². The third kappa shape index (κ3) is 1.71. The number of carboxylic acids is 1. The van der Waals surface area contributed by atoms with E-state index in [2.05, 4.69) is 10.1 Å². The molecule has 0 bridgehead atoms. The summed E-state index contributed by atoms with van der Waals surface area (Å²) in [6.45, 7) is 1.89. The second kappa shape index (κ2) is 3.84. The summed E-state index contributed by atoms with van der Waals surface area (Å²) in [6.07, 6.45) is 1.79. The maximum absolute atomic E-state index is 10.7. The summed E-state index contributed by atoms with van der Waals surface area (Å²) in [5.74, 6) is -0.862. The number of nitrogens with one attached hydrogen (secondary N) is 1. The molecule has 0 aliphatic carbocycles. The predicted octanol–water partition coefficient (Wildman–Crippen LogP) is 1.35. The Morgan fingerprint density at radius 3 is 2.94 bits per heavy atom. The number of H-pyrrole nitrogens is 1. The number of carbonyl (C=O) groups is 1. The first-order chi connectivity index (χ1) is 7.59. The van der Waals surface area contributed by atoms with Gasteiger partial charge in [-0.15, -0.1) is 0 Å². The van der Waals surface area contributed by atoms with Crippen LogP contribution in [0.25, 0.3) is 11.4 Å². The van der Waals surface area contributed by atoms with E-state index in [9.17, 15) is 4.79 Å². The van der Waals surface area contributed by atoms with E-state index in [0.29, 0.717) is 5.69 Å². The second-order valence-electron chi connectivity index (χ2n) is 3.70. The minimum absolute atomic E-state index is 0.0413. The molecule has 5 heteroatoms. The number of rotatable bonds is 3. The molecule has 0 aromatic carbocycles. The minimum atomic E-state index is -0.862. The first-order valence-electron chi connectivity index (χ1n) is 4.97. The molecule has 2 aromatic rings. The van der Waals surface area contributed by atoms with Crippen molar-refractivity contribution in [2.24, 2.45) is 7.05 Å².